The summed E-state index contributed by atoms with van der Waals surface area (Å²) in [5, 5.41) is 30.9. The van der Waals surface area contributed by atoms with Gasteiger partial charge in [0.05, 0.1) is 12.2 Å². The molecule has 3 aliphatic carbocycles. The average Bonchev–Trinajstić information content (AvgIpc) is 3.01. The van der Waals surface area contributed by atoms with Gasteiger partial charge in [0.25, 0.3) is 0 Å². The minimum atomic E-state index is -1.24. The Hall–Kier alpha value is -0.710. The summed E-state index contributed by atoms with van der Waals surface area (Å²) in [6.45, 7) is 1.83. The number of carbonyl (C=O) groups excluding carboxylic acids is 1. The number of ketones is 1. The summed E-state index contributed by atoms with van der Waals surface area (Å²) >= 11 is 0. The van der Waals surface area contributed by atoms with Gasteiger partial charge in [-0.05, 0) is 31.6 Å². The van der Waals surface area contributed by atoms with Crippen molar-refractivity contribution in [3.63, 3.8) is 0 Å². The molecule has 6 atom stereocenters. The molecule has 4 heteroatoms. The van der Waals surface area contributed by atoms with Crippen LogP contribution in [0.5, 0.6) is 0 Å². The normalized spacial score (nSPS) is 45.6. The number of aliphatic hydroxyl groups is 3. The number of fused-ring (bicyclic) bond motifs is 1. The lowest BCUT2D eigenvalue weighted by Crippen LogP contribution is -2.68. The van der Waals surface area contributed by atoms with E-state index in [2.05, 4.69) is 0 Å². The van der Waals surface area contributed by atoms with Crippen molar-refractivity contribution in [3.05, 3.63) is 12.2 Å². The summed E-state index contributed by atoms with van der Waals surface area (Å²) in [6, 6.07) is 0. The van der Waals surface area contributed by atoms with Crippen molar-refractivity contribution < 1.29 is 20.1 Å². The second-order valence-corrected chi connectivity index (χ2v) is 7.21. The van der Waals surface area contributed by atoms with Gasteiger partial charge >= 0.3 is 0 Å². The van der Waals surface area contributed by atoms with E-state index in [1.807, 2.05) is 13.0 Å². The summed E-state index contributed by atoms with van der Waals surface area (Å²) in [6.07, 6.45) is 7.90. The van der Waals surface area contributed by atoms with Gasteiger partial charge in [-0.15, -0.1) is 0 Å². The van der Waals surface area contributed by atoms with Crippen molar-refractivity contribution in [2.75, 3.05) is 0 Å². The predicted molar refractivity (Wildman–Crippen MR) is 78.4 cm³/mol. The molecule has 3 aliphatic rings. The maximum Gasteiger partial charge on any atom is 0.167 e. The molecule has 0 heterocycles. The number of hydrogen-bond acceptors (Lipinski definition) is 4. The Morgan fingerprint density at radius 2 is 1.95 bits per heavy atom. The maximum atomic E-state index is 11.9. The fourth-order valence-corrected chi connectivity index (χ4v) is 4.73. The topological polar surface area (TPSA) is 77.8 Å². The quantitative estimate of drug-likeness (QED) is 0.688. The van der Waals surface area contributed by atoms with E-state index >= 15 is 0 Å². The van der Waals surface area contributed by atoms with E-state index in [1.165, 1.54) is 12.8 Å². The second kappa shape index (κ2) is 5.49. The lowest BCUT2D eigenvalue weighted by atomic mass is 9.50. The predicted octanol–water partition coefficient (Wildman–Crippen LogP) is 1.43. The molecule has 0 aromatic carbocycles. The third kappa shape index (κ3) is 2.37. The van der Waals surface area contributed by atoms with Gasteiger partial charge in [-0.3, -0.25) is 4.79 Å². The van der Waals surface area contributed by atoms with E-state index in [0.717, 1.165) is 12.8 Å². The van der Waals surface area contributed by atoms with Crippen molar-refractivity contribution in [2.24, 2.45) is 23.7 Å². The van der Waals surface area contributed by atoms with Crippen LogP contribution in [0.1, 0.15) is 45.4 Å². The highest BCUT2D eigenvalue weighted by molar-refractivity contribution is 5.96. The average molecular weight is 294 g/mol. The lowest BCUT2D eigenvalue weighted by Gasteiger charge is -2.56. The largest absolute Gasteiger partial charge is 0.393 e. The van der Waals surface area contributed by atoms with Gasteiger partial charge in [0.2, 0.25) is 0 Å². The number of rotatable bonds is 3. The minimum Gasteiger partial charge on any atom is -0.393 e. The first kappa shape index (κ1) is 15.2. The Labute approximate surface area is 125 Å². The van der Waals surface area contributed by atoms with Gasteiger partial charge in [-0.25, -0.2) is 0 Å². The summed E-state index contributed by atoms with van der Waals surface area (Å²) in [7, 11) is 0. The molecule has 4 nitrogen and oxygen atoms in total. The Balaban J connectivity index is 1.72. The fraction of sp³-hybridized carbons (Fsp3) is 0.824. The highest BCUT2D eigenvalue weighted by atomic mass is 16.3. The number of Topliss-reactive ketones (excluding diaryl/α,β-unsaturated/α-hetero) is 1. The Kier molecular flexibility index (Phi) is 3.97. The standard InChI is InChI=1S/C17H26O4/c1-10-15-12(6-7-13(18)11-4-2-3-5-11)14(19)8-9-17(15,21)16(10)20/h6-7,10-15,18-19,21H,2-5,8-9H2,1H3/t10?,12-,13-,14+,15+,17+/m1/s1. The van der Waals surface area contributed by atoms with Gasteiger partial charge in [0.1, 0.15) is 5.60 Å². The molecule has 21 heavy (non-hydrogen) atoms. The van der Waals surface area contributed by atoms with Gasteiger partial charge in [-0.2, -0.15) is 0 Å². The van der Waals surface area contributed by atoms with Crippen molar-refractivity contribution in [3.8, 4) is 0 Å². The van der Waals surface area contributed by atoms with Gasteiger partial charge < -0.3 is 15.3 Å². The monoisotopic (exact) mass is 294 g/mol. The molecule has 0 bridgehead atoms. The van der Waals surface area contributed by atoms with Gasteiger partial charge in [-0.1, -0.05) is 31.9 Å². The number of hydrogen-bond donors (Lipinski definition) is 3. The Morgan fingerprint density at radius 1 is 1.29 bits per heavy atom. The fourth-order valence-electron chi connectivity index (χ4n) is 4.73. The summed E-state index contributed by atoms with van der Waals surface area (Å²) in [5.74, 6) is -0.410. The summed E-state index contributed by atoms with van der Waals surface area (Å²) < 4.78 is 0. The smallest absolute Gasteiger partial charge is 0.167 e. The van der Waals surface area contributed by atoms with Crippen LogP contribution in [0.3, 0.4) is 0 Å². The first-order valence-electron chi connectivity index (χ1n) is 8.26. The van der Waals surface area contributed by atoms with Crippen molar-refractivity contribution >= 4 is 5.78 Å². The van der Waals surface area contributed by atoms with Crippen LogP contribution in [0.4, 0.5) is 0 Å². The molecule has 0 saturated heterocycles. The van der Waals surface area contributed by atoms with Crippen LogP contribution < -0.4 is 0 Å². The van der Waals surface area contributed by atoms with Crippen LogP contribution in [0.2, 0.25) is 0 Å². The van der Waals surface area contributed by atoms with E-state index in [9.17, 15) is 20.1 Å². The van der Waals surface area contributed by atoms with Crippen molar-refractivity contribution in [1.29, 1.82) is 0 Å². The summed E-state index contributed by atoms with van der Waals surface area (Å²) in [4.78, 5) is 11.9. The molecule has 1 unspecified atom stereocenters. The molecule has 3 fully saturated rings. The van der Waals surface area contributed by atoms with E-state index in [-0.39, 0.29) is 23.5 Å². The van der Waals surface area contributed by atoms with Crippen LogP contribution in [0, 0.1) is 23.7 Å². The third-order valence-electron chi connectivity index (χ3n) is 6.02. The number of aliphatic hydroxyl groups excluding tert-OH is 2. The molecule has 3 N–H and O–H groups in total. The first-order valence-corrected chi connectivity index (χ1v) is 8.26. The van der Waals surface area contributed by atoms with Crippen molar-refractivity contribution in [1.82, 2.24) is 0 Å². The zero-order chi connectivity index (χ0) is 15.2. The van der Waals surface area contributed by atoms with E-state index in [0.29, 0.717) is 18.8 Å². The van der Waals surface area contributed by atoms with Crippen LogP contribution in [-0.4, -0.2) is 38.9 Å². The highest BCUT2D eigenvalue weighted by Crippen LogP contribution is 2.52. The second-order valence-electron chi connectivity index (χ2n) is 7.21. The van der Waals surface area contributed by atoms with Crippen molar-refractivity contribution in [2.45, 2.75) is 63.3 Å². The SMILES string of the molecule is CC1C(=O)[C@]2(O)CC[C@H](O)[C@@H](C=C[C@@H](O)C3CCCC3)[C@H]12. The van der Waals surface area contributed by atoms with Gasteiger partial charge in [0, 0.05) is 17.8 Å². The van der Waals surface area contributed by atoms with E-state index in [4.69, 9.17) is 0 Å². The van der Waals surface area contributed by atoms with Crippen LogP contribution in [0.15, 0.2) is 12.2 Å². The zero-order valence-corrected chi connectivity index (χ0v) is 12.6. The first-order chi connectivity index (χ1) is 9.95. The molecule has 0 radical (unpaired) electrons. The molecule has 3 rings (SSSR count). The molecule has 3 saturated carbocycles. The lowest BCUT2D eigenvalue weighted by molar-refractivity contribution is -0.197. The van der Waals surface area contributed by atoms with E-state index < -0.39 is 17.8 Å². The molecule has 0 spiro atoms. The van der Waals surface area contributed by atoms with Gasteiger partial charge in [0.15, 0.2) is 5.78 Å². The molecular weight excluding hydrogens is 268 g/mol. The minimum absolute atomic E-state index is 0.0888. The number of carbonyl (C=O) groups is 1. The molecular formula is C17H26O4. The van der Waals surface area contributed by atoms with Crippen LogP contribution in [0.25, 0.3) is 0 Å². The van der Waals surface area contributed by atoms with Crippen LogP contribution in [-0.2, 0) is 4.79 Å². The summed E-state index contributed by atoms with van der Waals surface area (Å²) in [5.41, 5.74) is -1.24. The molecule has 0 aromatic rings. The molecule has 0 aliphatic heterocycles. The third-order valence-corrected chi connectivity index (χ3v) is 6.02. The Morgan fingerprint density at radius 3 is 2.62 bits per heavy atom. The maximum absolute atomic E-state index is 11.9. The van der Waals surface area contributed by atoms with Crippen LogP contribution >= 0.6 is 0 Å². The Bertz CT molecular complexity index is 440. The molecule has 118 valence electrons. The van der Waals surface area contributed by atoms with E-state index in [1.54, 1.807) is 6.08 Å². The zero-order valence-electron chi connectivity index (χ0n) is 12.6. The molecule has 0 aromatic heterocycles. The molecule has 0 amide bonds. The highest BCUT2D eigenvalue weighted by Gasteiger charge is 2.63.